The minimum Gasteiger partial charge on any atom is -0.368 e. The van der Waals surface area contributed by atoms with E-state index in [1.54, 1.807) is 0 Å². The molecule has 2 aliphatic heterocycles. The molecular formula is C20H28O3. The Balaban J connectivity index is 1.66. The number of benzene rings is 1. The molecule has 0 aromatic heterocycles. The van der Waals surface area contributed by atoms with Gasteiger partial charge in [0, 0.05) is 6.42 Å². The van der Waals surface area contributed by atoms with Gasteiger partial charge in [-0.3, -0.25) is 0 Å². The minimum atomic E-state index is -0.550. The lowest BCUT2D eigenvalue weighted by Crippen LogP contribution is -2.55. The molecule has 0 bridgehead atoms. The van der Waals surface area contributed by atoms with E-state index in [2.05, 4.69) is 25.6 Å². The van der Waals surface area contributed by atoms with E-state index < -0.39 is 5.79 Å². The number of hydrogen-bond acceptors (Lipinski definition) is 3. The van der Waals surface area contributed by atoms with Crippen molar-refractivity contribution in [2.75, 3.05) is 6.61 Å². The Morgan fingerprint density at radius 2 is 2.09 bits per heavy atom. The van der Waals surface area contributed by atoms with Crippen LogP contribution in [0.1, 0.15) is 51.0 Å². The van der Waals surface area contributed by atoms with E-state index in [-0.39, 0.29) is 12.2 Å². The van der Waals surface area contributed by atoms with Gasteiger partial charge < -0.3 is 14.2 Å². The van der Waals surface area contributed by atoms with Crippen LogP contribution in [0.4, 0.5) is 0 Å². The molecule has 3 heteroatoms. The van der Waals surface area contributed by atoms with Gasteiger partial charge in [0.25, 0.3) is 0 Å². The minimum absolute atomic E-state index is 0.0179. The van der Waals surface area contributed by atoms with Crippen LogP contribution >= 0.6 is 0 Å². The van der Waals surface area contributed by atoms with E-state index in [1.165, 1.54) is 11.1 Å². The number of hydrogen-bond donors (Lipinski definition) is 0. The van der Waals surface area contributed by atoms with Gasteiger partial charge in [0.1, 0.15) is 6.10 Å². The normalized spacial score (nSPS) is 31.2. The summed E-state index contributed by atoms with van der Waals surface area (Å²) in [5.74, 6) is -0.550. The van der Waals surface area contributed by atoms with Crippen molar-refractivity contribution in [1.82, 2.24) is 0 Å². The third-order valence-electron chi connectivity index (χ3n) is 4.74. The Morgan fingerprint density at radius 3 is 2.78 bits per heavy atom. The van der Waals surface area contributed by atoms with Crippen LogP contribution < -0.4 is 0 Å². The van der Waals surface area contributed by atoms with E-state index in [0.717, 1.165) is 45.1 Å². The maximum Gasteiger partial charge on any atom is 0.194 e. The SMILES string of the molecule is C=C(C)C[C@@H]1CC[C@@H](OCc2ccccc2)[C@@]2(CCCCO2)O1. The molecule has 2 saturated heterocycles. The second-order valence-electron chi connectivity index (χ2n) is 6.88. The predicted molar refractivity (Wildman–Crippen MR) is 91.1 cm³/mol. The fourth-order valence-electron chi connectivity index (χ4n) is 3.63. The average molecular weight is 316 g/mol. The van der Waals surface area contributed by atoms with Crippen molar-refractivity contribution in [3.05, 3.63) is 48.0 Å². The molecule has 0 amide bonds. The zero-order valence-corrected chi connectivity index (χ0v) is 14.1. The summed E-state index contributed by atoms with van der Waals surface area (Å²) >= 11 is 0. The van der Waals surface area contributed by atoms with Crippen LogP contribution in [0.25, 0.3) is 0 Å². The average Bonchev–Trinajstić information content (AvgIpc) is 2.55. The summed E-state index contributed by atoms with van der Waals surface area (Å²) < 4.78 is 18.8. The highest BCUT2D eigenvalue weighted by Crippen LogP contribution is 2.40. The smallest absolute Gasteiger partial charge is 0.194 e. The van der Waals surface area contributed by atoms with Crippen LogP contribution in [0.15, 0.2) is 42.5 Å². The summed E-state index contributed by atoms with van der Waals surface area (Å²) in [4.78, 5) is 0. The zero-order valence-electron chi connectivity index (χ0n) is 14.1. The number of ether oxygens (including phenoxy) is 3. The van der Waals surface area contributed by atoms with E-state index >= 15 is 0 Å². The van der Waals surface area contributed by atoms with Crippen molar-refractivity contribution in [1.29, 1.82) is 0 Å². The molecule has 1 aromatic rings. The molecule has 0 radical (unpaired) electrons. The maximum atomic E-state index is 6.42. The lowest BCUT2D eigenvalue weighted by Gasteiger charge is -2.48. The molecule has 2 aliphatic rings. The standard InChI is InChI=1S/C20H28O3/c1-16(2)14-18-10-11-19(20(23-18)12-6-7-13-22-20)21-15-17-8-4-3-5-9-17/h3-5,8-9,18-19H,1,6-7,10-15H2,2H3/t18-,19+,20+/m0/s1. The predicted octanol–water partition coefficient (Wildman–Crippen LogP) is 4.61. The molecule has 0 unspecified atom stereocenters. The van der Waals surface area contributed by atoms with Gasteiger partial charge in [0.15, 0.2) is 5.79 Å². The molecule has 3 nitrogen and oxygen atoms in total. The largest absolute Gasteiger partial charge is 0.368 e. The second kappa shape index (κ2) is 7.61. The van der Waals surface area contributed by atoms with Crippen LogP contribution in [0.5, 0.6) is 0 Å². The van der Waals surface area contributed by atoms with Crippen LogP contribution in [-0.4, -0.2) is 24.6 Å². The molecule has 23 heavy (non-hydrogen) atoms. The Labute approximate surface area is 139 Å². The lowest BCUT2D eigenvalue weighted by atomic mass is 9.90. The summed E-state index contributed by atoms with van der Waals surface area (Å²) in [6.07, 6.45) is 6.33. The van der Waals surface area contributed by atoms with Gasteiger partial charge >= 0.3 is 0 Å². The first-order valence-corrected chi connectivity index (χ1v) is 8.80. The fraction of sp³-hybridized carbons (Fsp3) is 0.600. The third-order valence-corrected chi connectivity index (χ3v) is 4.74. The highest BCUT2D eigenvalue weighted by atomic mass is 16.7. The Bertz CT molecular complexity index is 505. The topological polar surface area (TPSA) is 27.7 Å². The van der Waals surface area contributed by atoms with Gasteiger partial charge in [-0.05, 0) is 44.6 Å². The van der Waals surface area contributed by atoms with Crippen LogP contribution in [-0.2, 0) is 20.8 Å². The van der Waals surface area contributed by atoms with Gasteiger partial charge in [0.2, 0.25) is 0 Å². The quantitative estimate of drug-likeness (QED) is 0.742. The van der Waals surface area contributed by atoms with E-state index in [4.69, 9.17) is 14.2 Å². The Hall–Kier alpha value is -1.16. The fourth-order valence-corrected chi connectivity index (χ4v) is 3.63. The summed E-state index contributed by atoms with van der Waals surface area (Å²) in [6, 6.07) is 10.3. The molecule has 2 fully saturated rings. The summed E-state index contributed by atoms with van der Waals surface area (Å²) in [7, 11) is 0. The highest BCUT2D eigenvalue weighted by Gasteiger charge is 2.48. The summed E-state index contributed by atoms with van der Waals surface area (Å²) in [5, 5.41) is 0. The van der Waals surface area contributed by atoms with Crippen molar-refractivity contribution in [3.8, 4) is 0 Å². The van der Waals surface area contributed by atoms with Crippen molar-refractivity contribution < 1.29 is 14.2 Å². The monoisotopic (exact) mass is 316 g/mol. The first-order chi connectivity index (χ1) is 11.2. The first-order valence-electron chi connectivity index (χ1n) is 8.80. The molecule has 3 rings (SSSR count). The Kier molecular flexibility index (Phi) is 5.52. The van der Waals surface area contributed by atoms with Gasteiger partial charge in [-0.2, -0.15) is 0 Å². The molecule has 3 atom stereocenters. The molecule has 2 heterocycles. The first kappa shape index (κ1) is 16.7. The van der Waals surface area contributed by atoms with Gasteiger partial charge in [0.05, 0.1) is 19.3 Å². The van der Waals surface area contributed by atoms with Crippen molar-refractivity contribution >= 4 is 0 Å². The maximum absolute atomic E-state index is 6.42. The second-order valence-corrected chi connectivity index (χ2v) is 6.88. The molecule has 1 aromatic carbocycles. The van der Waals surface area contributed by atoms with Crippen LogP contribution in [0.2, 0.25) is 0 Å². The van der Waals surface area contributed by atoms with Crippen LogP contribution in [0.3, 0.4) is 0 Å². The zero-order chi connectivity index (χ0) is 16.1. The van der Waals surface area contributed by atoms with Gasteiger partial charge in [-0.15, -0.1) is 6.58 Å². The van der Waals surface area contributed by atoms with E-state index in [1.807, 2.05) is 18.2 Å². The summed E-state index contributed by atoms with van der Waals surface area (Å²) in [5.41, 5.74) is 2.37. The van der Waals surface area contributed by atoms with Crippen molar-refractivity contribution in [2.24, 2.45) is 0 Å². The van der Waals surface area contributed by atoms with Crippen molar-refractivity contribution in [2.45, 2.75) is 70.1 Å². The van der Waals surface area contributed by atoms with Crippen molar-refractivity contribution in [3.63, 3.8) is 0 Å². The van der Waals surface area contributed by atoms with E-state index in [9.17, 15) is 0 Å². The molecule has 0 N–H and O–H groups in total. The molecule has 0 saturated carbocycles. The van der Waals surface area contributed by atoms with Crippen LogP contribution in [0, 0.1) is 0 Å². The summed E-state index contributed by atoms with van der Waals surface area (Å²) in [6.45, 7) is 7.48. The third kappa shape index (κ3) is 4.23. The molecule has 126 valence electrons. The number of rotatable bonds is 5. The van der Waals surface area contributed by atoms with Gasteiger partial charge in [-0.25, -0.2) is 0 Å². The molecular weight excluding hydrogens is 288 g/mol. The molecule has 0 aliphatic carbocycles. The van der Waals surface area contributed by atoms with Gasteiger partial charge in [-0.1, -0.05) is 35.9 Å². The molecule has 1 spiro atoms. The Morgan fingerprint density at radius 1 is 1.26 bits per heavy atom. The lowest BCUT2D eigenvalue weighted by molar-refractivity contribution is -0.342. The highest BCUT2D eigenvalue weighted by molar-refractivity contribution is 5.13. The van der Waals surface area contributed by atoms with E-state index in [0.29, 0.717) is 6.61 Å².